The lowest BCUT2D eigenvalue weighted by Gasteiger charge is -2.38. The zero-order chi connectivity index (χ0) is 15.2. The zero-order valence-electron chi connectivity index (χ0n) is 12.8. The van der Waals surface area contributed by atoms with E-state index in [0.717, 1.165) is 49.3 Å². The summed E-state index contributed by atoms with van der Waals surface area (Å²) < 4.78 is 17.2. The Morgan fingerprint density at radius 3 is 2.55 bits per heavy atom. The minimum absolute atomic E-state index is 0.0238. The third kappa shape index (κ3) is 2.07. The molecule has 1 aliphatic carbocycles. The van der Waals surface area contributed by atoms with Crippen LogP contribution in [0.25, 0.3) is 0 Å². The van der Waals surface area contributed by atoms with Crippen LogP contribution in [0.4, 0.5) is 5.69 Å². The average molecular weight is 303 g/mol. The van der Waals surface area contributed by atoms with E-state index in [1.807, 2.05) is 25.1 Å². The number of benzene rings is 1. The molecule has 118 valence electrons. The summed E-state index contributed by atoms with van der Waals surface area (Å²) >= 11 is 0. The number of nitrogens with one attached hydrogen (secondary N) is 1. The minimum Gasteiger partial charge on any atom is -0.448 e. The molecule has 1 aromatic rings. The Balaban J connectivity index is 1.50. The van der Waals surface area contributed by atoms with Crippen molar-refractivity contribution in [2.24, 2.45) is 5.41 Å². The number of hydrogen-bond donors (Lipinski definition) is 1. The maximum atomic E-state index is 12.4. The first-order valence-corrected chi connectivity index (χ1v) is 8.06. The Kier molecular flexibility index (Phi) is 3.08. The van der Waals surface area contributed by atoms with Crippen LogP contribution in [-0.2, 0) is 9.53 Å². The van der Waals surface area contributed by atoms with Crippen LogP contribution in [0.15, 0.2) is 18.2 Å². The van der Waals surface area contributed by atoms with Crippen molar-refractivity contribution in [1.29, 1.82) is 0 Å². The number of fused-ring (bicyclic) bond motifs is 1. The first-order chi connectivity index (χ1) is 10.6. The van der Waals surface area contributed by atoms with Gasteiger partial charge in [-0.15, -0.1) is 0 Å². The molecule has 5 nitrogen and oxygen atoms in total. The topological polar surface area (TPSA) is 56.8 Å². The second-order valence-corrected chi connectivity index (χ2v) is 6.56. The molecule has 1 saturated carbocycles. The van der Waals surface area contributed by atoms with Crippen molar-refractivity contribution < 1.29 is 19.0 Å². The Labute approximate surface area is 129 Å². The Bertz CT molecular complexity index is 597. The van der Waals surface area contributed by atoms with Gasteiger partial charge in [-0.1, -0.05) is 6.92 Å². The molecule has 2 aliphatic heterocycles. The van der Waals surface area contributed by atoms with Gasteiger partial charge in [-0.05, 0) is 31.4 Å². The zero-order valence-corrected chi connectivity index (χ0v) is 12.8. The lowest BCUT2D eigenvalue weighted by atomic mass is 9.82. The number of hydrogen-bond acceptors (Lipinski definition) is 4. The molecule has 0 atom stereocenters. The van der Waals surface area contributed by atoms with E-state index in [0.29, 0.717) is 13.2 Å². The van der Waals surface area contributed by atoms with Crippen molar-refractivity contribution in [3.05, 3.63) is 18.2 Å². The van der Waals surface area contributed by atoms with Gasteiger partial charge in [0.05, 0.1) is 18.6 Å². The maximum absolute atomic E-state index is 12.4. The molecule has 0 aromatic heterocycles. The largest absolute Gasteiger partial charge is 0.448 e. The van der Waals surface area contributed by atoms with Gasteiger partial charge >= 0.3 is 0 Å². The van der Waals surface area contributed by atoms with E-state index in [9.17, 15) is 4.79 Å². The second kappa shape index (κ2) is 4.88. The summed E-state index contributed by atoms with van der Waals surface area (Å²) in [5.74, 6) is 1.07. The van der Waals surface area contributed by atoms with Crippen LogP contribution in [0.1, 0.15) is 39.0 Å². The average Bonchev–Trinajstić information content (AvgIpc) is 3.04. The van der Waals surface area contributed by atoms with E-state index in [1.54, 1.807) is 0 Å². The van der Waals surface area contributed by atoms with Crippen molar-refractivity contribution in [1.82, 2.24) is 0 Å². The molecular formula is C17H21NO4. The highest BCUT2D eigenvalue weighted by Gasteiger charge is 2.45. The number of anilines is 1. The highest BCUT2D eigenvalue weighted by molar-refractivity contribution is 5.96. The van der Waals surface area contributed by atoms with Crippen molar-refractivity contribution in [2.45, 2.75) is 44.8 Å². The number of rotatable bonds is 3. The highest BCUT2D eigenvalue weighted by atomic mass is 16.7. The van der Waals surface area contributed by atoms with E-state index >= 15 is 0 Å². The molecule has 2 heterocycles. The molecule has 1 saturated heterocycles. The number of carbonyl (C=O) groups excluding carboxylic acids is 1. The molecule has 22 heavy (non-hydrogen) atoms. The van der Waals surface area contributed by atoms with Gasteiger partial charge in [-0.25, -0.2) is 0 Å². The summed E-state index contributed by atoms with van der Waals surface area (Å²) in [5, 5.41) is 2.99. The summed E-state index contributed by atoms with van der Waals surface area (Å²) in [6.45, 7) is 3.03. The molecule has 0 bridgehead atoms. The summed E-state index contributed by atoms with van der Waals surface area (Å²) in [4.78, 5) is 12.4. The summed E-state index contributed by atoms with van der Waals surface area (Å²) in [7, 11) is 0. The van der Waals surface area contributed by atoms with Gasteiger partial charge in [0, 0.05) is 24.6 Å². The molecule has 4 rings (SSSR count). The quantitative estimate of drug-likeness (QED) is 0.932. The van der Waals surface area contributed by atoms with E-state index in [-0.39, 0.29) is 11.3 Å². The molecule has 1 N–H and O–H groups in total. The van der Waals surface area contributed by atoms with E-state index in [4.69, 9.17) is 14.2 Å². The molecule has 0 radical (unpaired) electrons. The van der Waals surface area contributed by atoms with Gasteiger partial charge < -0.3 is 19.5 Å². The summed E-state index contributed by atoms with van der Waals surface area (Å²) in [6.07, 6.45) is 4.92. The van der Waals surface area contributed by atoms with Crippen molar-refractivity contribution in [3.63, 3.8) is 0 Å². The highest BCUT2D eigenvalue weighted by Crippen LogP contribution is 2.47. The first kappa shape index (κ1) is 13.9. The summed E-state index contributed by atoms with van der Waals surface area (Å²) in [5.41, 5.74) is 0.380. The number of ether oxygens (including phenoxy) is 3. The van der Waals surface area contributed by atoms with Gasteiger partial charge in [0.1, 0.15) is 0 Å². The van der Waals surface area contributed by atoms with E-state index in [1.165, 1.54) is 0 Å². The normalized spacial score (nSPS) is 23.3. The fourth-order valence-corrected chi connectivity index (χ4v) is 3.40. The monoisotopic (exact) mass is 303 g/mol. The molecule has 2 fully saturated rings. The Hall–Kier alpha value is -1.75. The molecule has 1 spiro atoms. The smallest absolute Gasteiger partial charge is 0.251 e. The molecule has 1 aromatic carbocycles. The van der Waals surface area contributed by atoms with Crippen molar-refractivity contribution in [3.8, 4) is 11.5 Å². The van der Waals surface area contributed by atoms with Crippen LogP contribution in [0.5, 0.6) is 11.5 Å². The third-order valence-corrected chi connectivity index (χ3v) is 5.07. The number of carbonyl (C=O) groups is 1. The van der Waals surface area contributed by atoms with Crippen molar-refractivity contribution in [2.75, 3.05) is 18.5 Å². The van der Waals surface area contributed by atoms with Crippen LogP contribution < -0.4 is 14.8 Å². The van der Waals surface area contributed by atoms with E-state index in [2.05, 4.69) is 5.32 Å². The van der Waals surface area contributed by atoms with Gasteiger partial charge in [0.25, 0.3) is 5.79 Å². The van der Waals surface area contributed by atoms with Gasteiger partial charge in [-0.3, -0.25) is 4.79 Å². The minimum atomic E-state index is -0.461. The van der Waals surface area contributed by atoms with Gasteiger partial charge in [0.15, 0.2) is 11.5 Å². The predicted octanol–water partition coefficient (Wildman–Crippen LogP) is 3.09. The molecule has 1 amide bonds. The Morgan fingerprint density at radius 1 is 1.18 bits per heavy atom. The van der Waals surface area contributed by atoms with Crippen LogP contribution >= 0.6 is 0 Å². The van der Waals surface area contributed by atoms with Gasteiger partial charge in [0.2, 0.25) is 5.91 Å². The summed E-state index contributed by atoms with van der Waals surface area (Å²) in [6, 6.07) is 5.62. The molecule has 3 aliphatic rings. The molecular weight excluding hydrogens is 282 g/mol. The lowest BCUT2D eigenvalue weighted by Crippen LogP contribution is -2.51. The van der Waals surface area contributed by atoms with Gasteiger partial charge in [-0.2, -0.15) is 0 Å². The Morgan fingerprint density at radius 2 is 1.91 bits per heavy atom. The van der Waals surface area contributed by atoms with Crippen LogP contribution in [-0.4, -0.2) is 24.9 Å². The SMILES string of the molecule is CCC1(C(=O)Nc2ccc3c(c2)OC2(CCCC2)O3)COC1. The van der Waals surface area contributed by atoms with Crippen molar-refractivity contribution >= 4 is 11.6 Å². The standard InChI is InChI=1S/C17H21NO4/c1-2-16(10-20-11-16)15(19)18-12-5-6-13-14(9-12)22-17(21-13)7-3-4-8-17/h5-6,9H,2-4,7-8,10-11H2,1H3,(H,18,19). The first-order valence-electron chi connectivity index (χ1n) is 8.06. The van der Waals surface area contributed by atoms with Crippen LogP contribution in [0.2, 0.25) is 0 Å². The maximum Gasteiger partial charge on any atom is 0.251 e. The predicted molar refractivity (Wildman–Crippen MR) is 81.1 cm³/mol. The fourth-order valence-electron chi connectivity index (χ4n) is 3.40. The molecule has 5 heteroatoms. The lowest BCUT2D eigenvalue weighted by molar-refractivity contribution is -0.156. The van der Waals surface area contributed by atoms with Crippen LogP contribution in [0.3, 0.4) is 0 Å². The number of amides is 1. The molecule has 0 unspecified atom stereocenters. The van der Waals surface area contributed by atoms with E-state index < -0.39 is 5.79 Å². The van der Waals surface area contributed by atoms with Crippen LogP contribution in [0, 0.1) is 5.41 Å². The fraction of sp³-hybridized carbons (Fsp3) is 0.588. The second-order valence-electron chi connectivity index (χ2n) is 6.56. The third-order valence-electron chi connectivity index (χ3n) is 5.07.